The van der Waals surface area contributed by atoms with Gasteiger partial charge in [0.25, 0.3) is 0 Å². The minimum Gasteiger partial charge on any atom is -0.489 e. The summed E-state index contributed by atoms with van der Waals surface area (Å²) in [6, 6.07) is 7.31. The number of carbonyl (C=O) groups is 1. The Labute approximate surface area is 125 Å². The fraction of sp³-hybridized carbons (Fsp3) is 0.438. The number of anilines is 1. The number of ether oxygens (including phenoxy) is 2. The van der Waals surface area contributed by atoms with Crippen LogP contribution in [0.4, 0.5) is 5.69 Å². The molecule has 3 N–H and O–H groups in total. The van der Waals surface area contributed by atoms with Crippen LogP contribution in [0.5, 0.6) is 5.75 Å². The molecule has 1 aliphatic rings. The Bertz CT molecular complexity index is 496. The largest absolute Gasteiger partial charge is 0.489 e. The van der Waals surface area contributed by atoms with E-state index in [1.807, 2.05) is 18.2 Å². The Balaban J connectivity index is 2.05. The number of benzene rings is 1. The van der Waals surface area contributed by atoms with Gasteiger partial charge in [-0.05, 0) is 25.0 Å². The van der Waals surface area contributed by atoms with Crippen molar-refractivity contribution in [2.24, 2.45) is 11.1 Å². The Hall–Kier alpha value is -1.85. The average molecular weight is 290 g/mol. The highest BCUT2D eigenvalue weighted by Gasteiger charge is 2.38. The molecule has 1 saturated heterocycles. The molecule has 1 aromatic rings. The van der Waals surface area contributed by atoms with Crippen LogP contribution in [0.1, 0.15) is 12.8 Å². The van der Waals surface area contributed by atoms with Crippen molar-refractivity contribution in [2.45, 2.75) is 12.8 Å². The lowest BCUT2D eigenvalue weighted by atomic mass is 9.79. The molecule has 5 nitrogen and oxygen atoms in total. The van der Waals surface area contributed by atoms with Crippen LogP contribution in [-0.2, 0) is 9.53 Å². The Morgan fingerprint density at radius 3 is 2.90 bits per heavy atom. The summed E-state index contributed by atoms with van der Waals surface area (Å²) in [6.07, 6.45) is 2.99. The van der Waals surface area contributed by atoms with Crippen molar-refractivity contribution >= 4 is 11.6 Å². The van der Waals surface area contributed by atoms with Gasteiger partial charge < -0.3 is 20.5 Å². The summed E-state index contributed by atoms with van der Waals surface area (Å²) < 4.78 is 10.8. The van der Waals surface area contributed by atoms with Gasteiger partial charge in [0.15, 0.2) is 0 Å². The number of hydrogen-bond acceptors (Lipinski definition) is 4. The zero-order valence-electron chi connectivity index (χ0n) is 12.1. The van der Waals surface area contributed by atoms with Gasteiger partial charge in [0.05, 0.1) is 5.41 Å². The van der Waals surface area contributed by atoms with E-state index in [1.54, 1.807) is 12.1 Å². The number of rotatable bonds is 6. The van der Waals surface area contributed by atoms with Gasteiger partial charge in [0.2, 0.25) is 5.91 Å². The molecule has 1 heterocycles. The standard InChI is InChI=1S/C16H22N2O3/c1-2-8-21-14-5-3-4-13(11-14)18-15(19)16(12-17)6-9-20-10-7-16/h2-5,11H,1,6-10,12,17H2,(H,18,19). The van der Waals surface area contributed by atoms with E-state index in [2.05, 4.69) is 11.9 Å². The first-order valence-corrected chi connectivity index (χ1v) is 7.13. The summed E-state index contributed by atoms with van der Waals surface area (Å²) >= 11 is 0. The highest BCUT2D eigenvalue weighted by atomic mass is 16.5. The first-order chi connectivity index (χ1) is 10.2. The van der Waals surface area contributed by atoms with Gasteiger partial charge in [-0.1, -0.05) is 18.7 Å². The summed E-state index contributed by atoms with van der Waals surface area (Å²) in [5.74, 6) is 0.649. The molecule has 0 radical (unpaired) electrons. The molecule has 1 aliphatic heterocycles. The quantitative estimate of drug-likeness (QED) is 0.785. The van der Waals surface area contributed by atoms with Crippen LogP contribution in [0, 0.1) is 5.41 Å². The number of amides is 1. The van der Waals surface area contributed by atoms with Gasteiger partial charge in [0.1, 0.15) is 12.4 Å². The second-order valence-electron chi connectivity index (χ2n) is 5.18. The molecule has 0 aromatic heterocycles. The molecule has 21 heavy (non-hydrogen) atoms. The zero-order valence-corrected chi connectivity index (χ0v) is 12.1. The lowest BCUT2D eigenvalue weighted by Crippen LogP contribution is -2.46. The smallest absolute Gasteiger partial charge is 0.232 e. The summed E-state index contributed by atoms with van der Waals surface area (Å²) in [5.41, 5.74) is 6.01. The summed E-state index contributed by atoms with van der Waals surface area (Å²) in [7, 11) is 0. The molecule has 0 atom stereocenters. The Morgan fingerprint density at radius 1 is 1.48 bits per heavy atom. The van der Waals surface area contributed by atoms with E-state index in [0.29, 0.717) is 50.6 Å². The zero-order chi connectivity index (χ0) is 15.1. The van der Waals surface area contributed by atoms with Crippen molar-refractivity contribution in [1.29, 1.82) is 0 Å². The molecule has 0 spiro atoms. The van der Waals surface area contributed by atoms with Crippen LogP contribution in [0.2, 0.25) is 0 Å². The van der Waals surface area contributed by atoms with Crippen molar-refractivity contribution in [2.75, 3.05) is 31.7 Å². The number of nitrogens with two attached hydrogens (primary N) is 1. The van der Waals surface area contributed by atoms with Gasteiger partial charge in [-0.2, -0.15) is 0 Å². The lowest BCUT2D eigenvalue weighted by Gasteiger charge is -2.34. The van der Waals surface area contributed by atoms with Crippen molar-refractivity contribution in [3.63, 3.8) is 0 Å². The molecule has 0 bridgehead atoms. The van der Waals surface area contributed by atoms with E-state index in [-0.39, 0.29) is 5.91 Å². The highest BCUT2D eigenvalue weighted by molar-refractivity contribution is 5.95. The van der Waals surface area contributed by atoms with Gasteiger partial charge in [-0.25, -0.2) is 0 Å². The van der Waals surface area contributed by atoms with E-state index in [9.17, 15) is 4.79 Å². The molecular weight excluding hydrogens is 268 g/mol. The fourth-order valence-corrected chi connectivity index (χ4v) is 2.37. The number of carbonyl (C=O) groups excluding carboxylic acids is 1. The van der Waals surface area contributed by atoms with Crippen LogP contribution in [-0.4, -0.2) is 32.3 Å². The number of hydrogen-bond donors (Lipinski definition) is 2. The minimum absolute atomic E-state index is 0.0471. The molecule has 5 heteroatoms. The minimum atomic E-state index is -0.532. The van der Waals surface area contributed by atoms with E-state index in [1.165, 1.54) is 0 Å². The van der Waals surface area contributed by atoms with E-state index in [0.717, 1.165) is 0 Å². The molecule has 0 saturated carbocycles. The predicted molar refractivity (Wildman–Crippen MR) is 82.3 cm³/mol. The molecule has 2 rings (SSSR count). The second kappa shape index (κ2) is 7.24. The molecule has 114 valence electrons. The predicted octanol–water partition coefficient (Wildman–Crippen LogP) is 1.95. The average Bonchev–Trinajstić information content (AvgIpc) is 2.54. The molecule has 1 aromatic carbocycles. The van der Waals surface area contributed by atoms with E-state index < -0.39 is 5.41 Å². The first kappa shape index (κ1) is 15.5. The lowest BCUT2D eigenvalue weighted by molar-refractivity contribution is -0.130. The number of nitrogens with one attached hydrogen (secondary N) is 1. The molecular formula is C16H22N2O3. The summed E-state index contributed by atoms with van der Waals surface area (Å²) in [4.78, 5) is 12.5. The van der Waals surface area contributed by atoms with Crippen LogP contribution < -0.4 is 15.8 Å². The maximum absolute atomic E-state index is 12.5. The molecule has 1 fully saturated rings. The Morgan fingerprint density at radius 2 is 2.24 bits per heavy atom. The maximum atomic E-state index is 12.5. The summed E-state index contributed by atoms with van der Waals surface area (Å²) in [5, 5.41) is 2.94. The van der Waals surface area contributed by atoms with Crippen molar-refractivity contribution < 1.29 is 14.3 Å². The monoisotopic (exact) mass is 290 g/mol. The second-order valence-corrected chi connectivity index (χ2v) is 5.18. The maximum Gasteiger partial charge on any atom is 0.232 e. The van der Waals surface area contributed by atoms with Gasteiger partial charge >= 0.3 is 0 Å². The van der Waals surface area contributed by atoms with Crippen LogP contribution in [0.3, 0.4) is 0 Å². The van der Waals surface area contributed by atoms with Gasteiger partial charge in [-0.15, -0.1) is 0 Å². The van der Waals surface area contributed by atoms with Gasteiger partial charge in [0, 0.05) is 31.5 Å². The van der Waals surface area contributed by atoms with Crippen LogP contribution in [0.15, 0.2) is 36.9 Å². The molecule has 0 aliphatic carbocycles. The topological polar surface area (TPSA) is 73.6 Å². The third-order valence-corrected chi connectivity index (χ3v) is 3.78. The van der Waals surface area contributed by atoms with Crippen molar-refractivity contribution in [3.05, 3.63) is 36.9 Å². The van der Waals surface area contributed by atoms with E-state index in [4.69, 9.17) is 15.2 Å². The fourth-order valence-electron chi connectivity index (χ4n) is 2.37. The third-order valence-electron chi connectivity index (χ3n) is 3.78. The van der Waals surface area contributed by atoms with Crippen molar-refractivity contribution in [1.82, 2.24) is 0 Å². The molecule has 0 unspecified atom stereocenters. The Kier molecular flexibility index (Phi) is 5.36. The van der Waals surface area contributed by atoms with Crippen LogP contribution in [0.25, 0.3) is 0 Å². The van der Waals surface area contributed by atoms with Crippen LogP contribution >= 0.6 is 0 Å². The van der Waals surface area contributed by atoms with Crippen molar-refractivity contribution in [3.8, 4) is 5.75 Å². The van der Waals surface area contributed by atoms with E-state index >= 15 is 0 Å². The third kappa shape index (κ3) is 3.83. The summed E-state index contributed by atoms with van der Waals surface area (Å²) in [6.45, 7) is 5.52. The highest BCUT2D eigenvalue weighted by Crippen LogP contribution is 2.31. The molecule has 1 amide bonds. The first-order valence-electron chi connectivity index (χ1n) is 7.13. The SMILES string of the molecule is C=CCOc1cccc(NC(=O)C2(CN)CCOCC2)c1. The van der Waals surface area contributed by atoms with Gasteiger partial charge in [-0.3, -0.25) is 4.79 Å². The normalized spacial score (nSPS) is 17.0.